The van der Waals surface area contributed by atoms with Gasteiger partial charge < -0.3 is 10.5 Å². The minimum atomic E-state index is -0.456. The Kier molecular flexibility index (Phi) is 5.79. The van der Waals surface area contributed by atoms with Crippen LogP contribution in [0.1, 0.15) is 42.6 Å². The van der Waals surface area contributed by atoms with Gasteiger partial charge in [0.25, 0.3) is 0 Å². The van der Waals surface area contributed by atoms with Crippen LogP contribution in [0.5, 0.6) is 0 Å². The summed E-state index contributed by atoms with van der Waals surface area (Å²) in [6.07, 6.45) is 3.53. The normalized spacial score (nSPS) is 11.2. The quantitative estimate of drug-likeness (QED) is 0.486. The first-order valence-corrected chi connectivity index (χ1v) is 6.30. The highest BCUT2D eigenvalue weighted by molar-refractivity contribution is 5.96. The SMILES string of the molecule is CCCCOC(=O)c1ccc(/C=C(\C)C(N)=O)cc1. The first-order chi connectivity index (χ1) is 9.04. The van der Waals surface area contributed by atoms with E-state index in [0.29, 0.717) is 17.7 Å². The maximum Gasteiger partial charge on any atom is 0.338 e. The molecule has 0 spiro atoms. The van der Waals surface area contributed by atoms with E-state index >= 15 is 0 Å². The maximum absolute atomic E-state index is 11.6. The summed E-state index contributed by atoms with van der Waals surface area (Å²) in [5.74, 6) is -0.779. The molecule has 0 radical (unpaired) electrons. The molecule has 0 fully saturated rings. The lowest BCUT2D eigenvalue weighted by atomic mass is 10.1. The van der Waals surface area contributed by atoms with Gasteiger partial charge in [-0.25, -0.2) is 4.79 Å². The molecule has 0 heterocycles. The van der Waals surface area contributed by atoms with Crippen LogP contribution in [0.2, 0.25) is 0 Å². The molecule has 4 nitrogen and oxygen atoms in total. The fraction of sp³-hybridized carbons (Fsp3) is 0.333. The third kappa shape index (κ3) is 4.95. The summed E-state index contributed by atoms with van der Waals surface area (Å²) >= 11 is 0. The van der Waals surface area contributed by atoms with Crippen molar-refractivity contribution in [2.45, 2.75) is 26.7 Å². The summed E-state index contributed by atoms with van der Waals surface area (Å²) in [5.41, 5.74) is 6.94. The van der Waals surface area contributed by atoms with Crippen LogP contribution in [-0.2, 0) is 9.53 Å². The third-order valence-electron chi connectivity index (χ3n) is 2.65. The van der Waals surface area contributed by atoms with Crippen molar-refractivity contribution in [3.63, 3.8) is 0 Å². The number of amides is 1. The highest BCUT2D eigenvalue weighted by Gasteiger charge is 2.06. The van der Waals surface area contributed by atoms with Crippen molar-refractivity contribution < 1.29 is 14.3 Å². The predicted molar refractivity (Wildman–Crippen MR) is 74.5 cm³/mol. The fourth-order valence-electron chi connectivity index (χ4n) is 1.43. The van der Waals surface area contributed by atoms with Crippen molar-refractivity contribution in [2.75, 3.05) is 6.61 Å². The van der Waals surface area contributed by atoms with Crippen LogP contribution in [0.3, 0.4) is 0 Å². The van der Waals surface area contributed by atoms with E-state index in [0.717, 1.165) is 18.4 Å². The highest BCUT2D eigenvalue weighted by atomic mass is 16.5. The molecule has 0 saturated carbocycles. The van der Waals surface area contributed by atoms with E-state index in [1.165, 1.54) is 0 Å². The lowest BCUT2D eigenvalue weighted by molar-refractivity contribution is -0.114. The van der Waals surface area contributed by atoms with Crippen molar-refractivity contribution in [1.29, 1.82) is 0 Å². The van der Waals surface area contributed by atoms with E-state index in [1.54, 1.807) is 37.3 Å². The zero-order valence-corrected chi connectivity index (χ0v) is 11.3. The smallest absolute Gasteiger partial charge is 0.338 e. The number of primary amides is 1. The van der Waals surface area contributed by atoms with Crippen LogP contribution in [-0.4, -0.2) is 18.5 Å². The molecule has 1 amide bonds. The highest BCUT2D eigenvalue weighted by Crippen LogP contribution is 2.10. The van der Waals surface area contributed by atoms with Crippen LogP contribution < -0.4 is 5.73 Å². The first kappa shape index (κ1) is 15.0. The maximum atomic E-state index is 11.6. The lowest BCUT2D eigenvalue weighted by Crippen LogP contribution is -2.11. The number of rotatable bonds is 6. The average molecular weight is 261 g/mol. The number of carbonyl (C=O) groups is 2. The average Bonchev–Trinajstić information content (AvgIpc) is 2.39. The van der Waals surface area contributed by atoms with Crippen LogP contribution in [0.15, 0.2) is 29.8 Å². The summed E-state index contributed by atoms with van der Waals surface area (Å²) in [6.45, 7) is 4.13. The largest absolute Gasteiger partial charge is 0.462 e. The molecule has 2 N–H and O–H groups in total. The van der Waals surface area contributed by atoms with Crippen molar-refractivity contribution in [2.24, 2.45) is 5.73 Å². The zero-order valence-electron chi connectivity index (χ0n) is 11.3. The van der Waals surface area contributed by atoms with Crippen molar-refractivity contribution >= 4 is 18.0 Å². The van der Waals surface area contributed by atoms with E-state index in [4.69, 9.17) is 10.5 Å². The second-order valence-corrected chi connectivity index (χ2v) is 4.30. The minimum absolute atomic E-state index is 0.324. The van der Waals surface area contributed by atoms with Gasteiger partial charge in [-0.05, 0) is 37.1 Å². The zero-order chi connectivity index (χ0) is 14.3. The van der Waals surface area contributed by atoms with E-state index in [2.05, 4.69) is 0 Å². The molecule has 0 aliphatic heterocycles. The second-order valence-electron chi connectivity index (χ2n) is 4.30. The van der Waals surface area contributed by atoms with Gasteiger partial charge in [-0.3, -0.25) is 4.79 Å². The predicted octanol–water partition coefficient (Wildman–Crippen LogP) is 2.53. The second kappa shape index (κ2) is 7.36. The van der Waals surface area contributed by atoms with E-state index in [-0.39, 0.29) is 5.97 Å². The number of benzene rings is 1. The monoisotopic (exact) mass is 261 g/mol. The summed E-state index contributed by atoms with van der Waals surface area (Å²) in [5, 5.41) is 0. The Morgan fingerprint density at radius 3 is 2.42 bits per heavy atom. The molecule has 1 aromatic carbocycles. The fourth-order valence-corrected chi connectivity index (χ4v) is 1.43. The number of hydrogen-bond donors (Lipinski definition) is 1. The summed E-state index contributed by atoms with van der Waals surface area (Å²) in [6, 6.07) is 6.86. The first-order valence-electron chi connectivity index (χ1n) is 6.30. The molecule has 0 aliphatic carbocycles. The van der Waals surface area contributed by atoms with Gasteiger partial charge in [0.15, 0.2) is 0 Å². The van der Waals surface area contributed by atoms with Crippen LogP contribution in [0, 0.1) is 0 Å². The molecular formula is C15H19NO3. The molecule has 19 heavy (non-hydrogen) atoms. The van der Waals surface area contributed by atoms with E-state index in [1.807, 2.05) is 6.92 Å². The van der Waals surface area contributed by atoms with Gasteiger partial charge in [0.05, 0.1) is 12.2 Å². The van der Waals surface area contributed by atoms with Gasteiger partial charge in [-0.1, -0.05) is 25.5 Å². The molecule has 4 heteroatoms. The Morgan fingerprint density at radius 2 is 1.89 bits per heavy atom. The molecule has 0 aliphatic rings. The van der Waals surface area contributed by atoms with E-state index in [9.17, 15) is 9.59 Å². The summed E-state index contributed by atoms with van der Waals surface area (Å²) in [7, 11) is 0. The number of nitrogens with two attached hydrogens (primary N) is 1. The van der Waals surface area contributed by atoms with Crippen molar-refractivity contribution in [3.8, 4) is 0 Å². The molecule has 1 rings (SSSR count). The Hall–Kier alpha value is -2.10. The topological polar surface area (TPSA) is 69.4 Å². The van der Waals surface area contributed by atoms with Gasteiger partial charge in [0.1, 0.15) is 0 Å². The Labute approximate surface area is 113 Å². The summed E-state index contributed by atoms with van der Waals surface area (Å²) < 4.78 is 5.10. The minimum Gasteiger partial charge on any atom is -0.462 e. The van der Waals surface area contributed by atoms with Gasteiger partial charge in [0.2, 0.25) is 5.91 Å². The van der Waals surface area contributed by atoms with Crippen LogP contribution in [0.25, 0.3) is 6.08 Å². The lowest BCUT2D eigenvalue weighted by Gasteiger charge is -2.04. The van der Waals surface area contributed by atoms with Crippen molar-refractivity contribution in [1.82, 2.24) is 0 Å². The van der Waals surface area contributed by atoms with Crippen LogP contribution >= 0.6 is 0 Å². The molecule has 0 aromatic heterocycles. The third-order valence-corrected chi connectivity index (χ3v) is 2.65. The molecule has 0 unspecified atom stereocenters. The Balaban J connectivity index is 2.68. The van der Waals surface area contributed by atoms with Gasteiger partial charge in [-0.2, -0.15) is 0 Å². The number of carbonyl (C=O) groups excluding carboxylic acids is 2. The van der Waals surface area contributed by atoms with E-state index < -0.39 is 5.91 Å². The Morgan fingerprint density at radius 1 is 1.26 bits per heavy atom. The number of hydrogen-bond acceptors (Lipinski definition) is 3. The molecule has 0 atom stereocenters. The van der Waals surface area contributed by atoms with Gasteiger partial charge in [-0.15, -0.1) is 0 Å². The van der Waals surface area contributed by atoms with Crippen LogP contribution in [0.4, 0.5) is 0 Å². The Bertz CT molecular complexity index is 475. The molecule has 1 aromatic rings. The number of esters is 1. The molecular weight excluding hydrogens is 242 g/mol. The molecule has 102 valence electrons. The molecule has 0 saturated heterocycles. The number of ether oxygens (including phenoxy) is 1. The molecule has 0 bridgehead atoms. The van der Waals surface area contributed by atoms with Gasteiger partial charge >= 0.3 is 5.97 Å². The van der Waals surface area contributed by atoms with Gasteiger partial charge in [0, 0.05) is 5.57 Å². The number of unbranched alkanes of at least 4 members (excludes halogenated alkanes) is 1. The standard InChI is InChI=1S/C15H19NO3/c1-3-4-9-19-15(18)13-7-5-12(6-8-13)10-11(2)14(16)17/h5-8,10H,3-4,9H2,1-2H3,(H2,16,17)/b11-10+. The van der Waals surface area contributed by atoms with Crippen molar-refractivity contribution in [3.05, 3.63) is 41.0 Å². The summed E-state index contributed by atoms with van der Waals surface area (Å²) in [4.78, 5) is 22.6.